The fourth-order valence-corrected chi connectivity index (χ4v) is 2.43. The van der Waals surface area contributed by atoms with Crippen molar-refractivity contribution >= 4 is 52.5 Å². The number of amidine groups is 1. The molecule has 102 valence electrons. The Morgan fingerprint density at radius 2 is 1.95 bits per heavy atom. The van der Waals surface area contributed by atoms with E-state index in [1.165, 1.54) is 11.8 Å². The van der Waals surface area contributed by atoms with E-state index in [0.717, 1.165) is 11.4 Å². The van der Waals surface area contributed by atoms with Crippen LogP contribution in [0, 0.1) is 5.41 Å². The minimum absolute atomic E-state index is 0. The van der Waals surface area contributed by atoms with Gasteiger partial charge < -0.3 is 10.3 Å². The van der Waals surface area contributed by atoms with Crippen molar-refractivity contribution in [3.63, 3.8) is 0 Å². The van der Waals surface area contributed by atoms with Gasteiger partial charge in [0.2, 0.25) is 0 Å². The van der Waals surface area contributed by atoms with Crippen molar-refractivity contribution < 1.29 is 0 Å². The van der Waals surface area contributed by atoms with Gasteiger partial charge in [-0.1, -0.05) is 35.0 Å². The molecule has 19 heavy (non-hydrogen) atoms. The molecule has 0 aliphatic rings. The van der Waals surface area contributed by atoms with E-state index in [0.29, 0.717) is 15.9 Å². The van der Waals surface area contributed by atoms with Gasteiger partial charge in [0.25, 0.3) is 0 Å². The molecule has 0 aliphatic carbocycles. The molecule has 0 amide bonds. The number of imidazole rings is 1. The second-order valence-corrected chi connectivity index (χ2v) is 5.29. The Hall–Kier alpha value is -0.880. The quantitative estimate of drug-likeness (QED) is 0.662. The molecule has 3 N–H and O–H groups in total. The fourth-order valence-electron chi connectivity index (χ4n) is 1.45. The number of hydrogen-bond acceptors (Lipinski definition) is 3. The summed E-state index contributed by atoms with van der Waals surface area (Å²) in [5.41, 5.74) is 7.04. The second kappa shape index (κ2) is 7.05. The number of benzene rings is 1. The number of hydrogen-bond donors (Lipinski definition) is 2. The summed E-state index contributed by atoms with van der Waals surface area (Å²) in [7, 11) is 0. The van der Waals surface area contributed by atoms with Gasteiger partial charge in [0.15, 0.2) is 10.3 Å². The highest BCUT2D eigenvalue weighted by atomic mass is 35.5. The SMILES string of the molecule is Cl.N=C(N)SCc1c(Cl)ncn1-c1ccc(Cl)cc1. The summed E-state index contributed by atoms with van der Waals surface area (Å²) in [5.74, 6) is 0.497. The van der Waals surface area contributed by atoms with Crippen LogP contribution in [0.25, 0.3) is 5.69 Å². The molecular weight excluding hydrogens is 327 g/mol. The minimum atomic E-state index is 0. The third-order valence-electron chi connectivity index (χ3n) is 2.28. The first-order valence-electron chi connectivity index (χ1n) is 5.02. The van der Waals surface area contributed by atoms with Crippen molar-refractivity contribution in [2.24, 2.45) is 5.73 Å². The molecular formula is C11H11Cl3N4S. The summed E-state index contributed by atoms with van der Waals surface area (Å²) < 4.78 is 1.86. The number of nitrogens with zero attached hydrogens (tertiary/aromatic N) is 2. The number of thioether (sulfide) groups is 1. The molecule has 0 unspecified atom stereocenters. The van der Waals surface area contributed by atoms with E-state index in [-0.39, 0.29) is 17.6 Å². The summed E-state index contributed by atoms with van der Waals surface area (Å²) in [4.78, 5) is 4.06. The largest absolute Gasteiger partial charge is 0.379 e. The van der Waals surface area contributed by atoms with Crippen molar-refractivity contribution in [3.8, 4) is 5.69 Å². The summed E-state index contributed by atoms with van der Waals surface area (Å²) in [5, 5.41) is 8.36. The molecule has 0 saturated heterocycles. The summed E-state index contributed by atoms with van der Waals surface area (Å²) in [6.07, 6.45) is 1.64. The van der Waals surface area contributed by atoms with E-state index in [4.69, 9.17) is 34.3 Å². The second-order valence-electron chi connectivity index (χ2n) is 3.48. The van der Waals surface area contributed by atoms with Crippen LogP contribution in [0.15, 0.2) is 30.6 Å². The van der Waals surface area contributed by atoms with Crippen LogP contribution in [0.2, 0.25) is 10.2 Å². The Bertz CT molecular complexity index is 568. The number of nitrogens with one attached hydrogen (secondary N) is 1. The third kappa shape index (κ3) is 4.04. The Balaban J connectivity index is 0.00000180. The lowest BCUT2D eigenvalue weighted by Gasteiger charge is -2.08. The topological polar surface area (TPSA) is 67.7 Å². The molecule has 0 aliphatic heterocycles. The van der Waals surface area contributed by atoms with E-state index < -0.39 is 0 Å². The predicted octanol–water partition coefficient (Wildman–Crippen LogP) is 3.73. The van der Waals surface area contributed by atoms with Gasteiger partial charge in [0.05, 0.1) is 5.69 Å². The average molecular weight is 338 g/mol. The third-order valence-corrected chi connectivity index (χ3v) is 3.58. The highest BCUT2D eigenvalue weighted by molar-refractivity contribution is 8.13. The van der Waals surface area contributed by atoms with Gasteiger partial charge >= 0.3 is 0 Å². The van der Waals surface area contributed by atoms with E-state index in [2.05, 4.69) is 4.98 Å². The van der Waals surface area contributed by atoms with Crippen LogP contribution in [0.1, 0.15) is 5.69 Å². The standard InChI is InChI=1S/C11H10Cl2N4S.ClH/c12-7-1-3-8(4-2-7)17-6-16-10(13)9(17)5-18-11(14)15;/h1-4,6H,5H2,(H3,14,15);1H. The van der Waals surface area contributed by atoms with E-state index >= 15 is 0 Å². The number of aromatic nitrogens is 2. The lowest BCUT2D eigenvalue weighted by molar-refractivity contribution is 0.996. The molecule has 0 saturated carbocycles. The van der Waals surface area contributed by atoms with Gasteiger partial charge in [-0.25, -0.2) is 4.98 Å². The first-order valence-corrected chi connectivity index (χ1v) is 6.76. The summed E-state index contributed by atoms with van der Waals surface area (Å²) in [6, 6.07) is 7.35. The predicted molar refractivity (Wildman–Crippen MR) is 84.0 cm³/mol. The van der Waals surface area contributed by atoms with Crippen molar-refractivity contribution in [1.82, 2.24) is 9.55 Å². The average Bonchev–Trinajstić information content (AvgIpc) is 2.69. The maximum Gasteiger partial charge on any atom is 0.151 e. The fraction of sp³-hybridized carbons (Fsp3) is 0.0909. The smallest absolute Gasteiger partial charge is 0.151 e. The molecule has 0 atom stereocenters. The van der Waals surface area contributed by atoms with Crippen molar-refractivity contribution in [2.75, 3.05) is 0 Å². The normalized spacial score (nSPS) is 10.0. The molecule has 4 nitrogen and oxygen atoms in total. The highest BCUT2D eigenvalue weighted by Gasteiger charge is 2.11. The monoisotopic (exact) mass is 336 g/mol. The van der Waals surface area contributed by atoms with Crippen LogP contribution in [0.5, 0.6) is 0 Å². The molecule has 0 spiro atoms. The number of nitrogens with two attached hydrogens (primary N) is 1. The zero-order valence-electron chi connectivity index (χ0n) is 9.64. The Labute approximate surface area is 131 Å². The Morgan fingerprint density at radius 1 is 1.32 bits per heavy atom. The van der Waals surface area contributed by atoms with Crippen LogP contribution in [-0.2, 0) is 5.75 Å². The maximum atomic E-state index is 7.22. The van der Waals surface area contributed by atoms with Crippen LogP contribution in [0.3, 0.4) is 0 Å². The Kier molecular flexibility index (Phi) is 6.00. The maximum absolute atomic E-state index is 7.22. The molecule has 2 aromatic rings. The Morgan fingerprint density at radius 3 is 2.53 bits per heavy atom. The van der Waals surface area contributed by atoms with Gasteiger partial charge in [-0.05, 0) is 24.3 Å². The zero-order chi connectivity index (χ0) is 13.1. The van der Waals surface area contributed by atoms with Gasteiger partial charge in [-0.2, -0.15) is 0 Å². The molecule has 8 heteroatoms. The van der Waals surface area contributed by atoms with Crippen LogP contribution < -0.4 is 5.73 Å². The highest BCUT2D eigenvalue weighted by Crippen LogP contribution is 2.24. The van der Waals surface area contributed by atoms with Gasteiger partial charge in [-0.3, -0.25) is 5.41 Å². The van der Waals surface area contributed by atoms with Gasteiger partial charge in [0, 0.05) is 16.5 Å². The summed E-state index contributed by atoms with van der Waals surface area (Å²) in [6.45, 7) is 0. The van der Waals surface area contributed by atoms with Gasteiger partial charge in [0.1, 0.15) is 6.33 Å². The van der Waals surface area contributed by atoms with Crippen molar-refractivity contribution in [2.45, 2.75) is 5.75 Å². The lowest BCUT2D eigenvalue weighted by Crippen LogP contribution is -2.06. The molecule has 1 aromatic heterocycles. The first-order chi connectivity index (χ1) is 8.58. The molecule has 1 aromatic carbocycles. The van der Waals surface area contributed by atoms with Gasteiger partial charge in [-0.15, -0.1) is 12.4 Å². The summed E-state index contributed by atoms with van der Waals surface area (Å²) >= 11 is 13.1. The van der Waals surface area contributed by atoms with E-state index in [9.17, 15) is 0 Å². The molecule has 1 heterocycles. The molecule has 0 bridgehead atoms. The van der Waals surface area contributed by atoms with E-state index in [1.807, 2.05) is 16.7 Å². The number of halogens is 3. The van der Waals surface area contributed by atoms with Crippen molar-refractivity contribution in [3.05, 3.63) is 46.5 Å². The van der Waals surface area contributed by atoms with E-state index in [1.54, 1.807) is 18.5 Å². The molecule has 0 fully saturated rings. The zero-order valence-corrected chi connectivity index (χ0v) is 12.8. The number of rotatable bonds is 3. The molecule has 2 rings (SSSR count). The van der Waals surface area contributed by atoms with Crippen LogP contribution in [0.4, 0.5) is 0 Å². The lowest BCUT2D eigenvalue weighted by atomic mass is 10.3. The van der Waals surface area contributed by atoms with Crippen LogP contribution >= 0.6 is 47.4 Å². The minimum Gasteiger partial charge on any atom is -0.379 e. The van der Waals surface area contributed by atoms with Crippen molar-refractivity contribution in [1.29, 1.82) is 5.41 Å². The molecule has 0 radical (unpaired) electrons. The van der Waals surface area contributed by atoms with Crippen LogP contribution in [-0.4, -0.2) is 14.7 Å². The first kappa shape index (κ1) is 16.2.